The summed E-state index contributed by atoms with van der Waals surface area (Å²) in [5, 5.41) is 3.51. The second kappa shape index (κ2) is 7.11. The minimum Gasteiger partial charge on any atom is -0.383 e. The van der Waals surface area contributed by atoms with E-state index in [0.717, 1.165) is 60.6 Å². The lowest BCUT2D eigenvalue weighted by Gasteiger charge is -2.39. The number of fused-ring (bicyclic) bond motifs is 1. The fraction of sp³-hybridized carbons (Fsp3) is 0.458. The highest BCUT2D eigenvalue weighted by molar-refractivity contribution is 6.02. The van der Waals surface area contributed by atoms with Crippen molar-refractivity contribution in [2.75, 3.05) is 29.0 Å². The third-order valence-electron chi connectivity index (χ3n) is 6.50. The highest BCUT2D eigenvalue weighted by Gasteiger charge is 2.42. The maximum atomic E-state index is 13.3. The number of anilines is 3. The van der Waals surface area contributed by atoms with Crippen LogP contribution in [0.3, 0.4) is 0 Å². The first-order valence-corrected chi connectivity index (χ1v) is 10.9. The Morgan fingerprint density at radius 2 is 1.80 bits per heavy atom. The molecule has 6 nitrogen and oxygen atoms in total. The number of hydrogen-bond donors (Lipinski definition) is 2. The molecule has 5 rings (SSSR count). The van der Waals surface area contributed by atoms with Crippen LogP contribution in [0.1, 0.15) is 63.0 Å². The number of allylic oxidation sites excluding steroid dienone is 2. The molecular formula is C24H29N5O. The molecule has 3 heterocycles. The Bertz CT molecular complexity index is 1020. The number of ketones is 1. The van der Waals surface area contributed by atoms with E-state index in [1.54, 1.807) is 0 Å². The van der Waals surface area contributed by atoms with E-state index in [4.69, 9.17) is 15.7 Å². The van der Waals surface area contributed by atoms with E-state index in [1.165, 1.54) is 6.42 Å². The Morgan fingerprint density at radius 3 is 2.53 bits per heavy atom. The summed E-state index contributed by atoms with van der Waals surface area (Å²) >= 11 is 0. The third kappa shape index (κ3) is 3.24. The minimum absolute atomic E-state index is 0.0735. The van der Waals surface area contributed by atoms with Crippen molar-refractivity contribution >= 4 is 23.4 Å². The molecule has 3 N–H and O–H groups in total. The predicted molar refractivity (Wildman–Crippen MR) is 119 cm³/mol. The maximum absolute atomic E-state index is 13.3. The summed E-state index contributed by atoms with van der Waals surface area (Å²) < 4.78 is 0. The number of carbonyl (C=O) groups is 1. The summed E-state index contributed by atoms with van der Waals surface area (Å²) in [5.41, 5.74) is 10.2. The third-order valence-corrected chi connectivity index (χ3v) is 6.50. The van der Waals surface area contributed by atoms with Crippen molar-refractivity contribution in [2.45, 2.75) is 51.9 Å². The first-order chi connectivity index (χ1) is 14.4. The van der Waals surface area contributed by atoms with Crippen molar-refractivity contribution in [1.29, 1.82) is 0 Å². The van der Waals surface area contributed by atoms with Crippen LogP contribution in [0.4, 0.5) is 17.6 Å². The Hall–Kier alpha value is -2.89. The van der Waals surface area contributed by atoms with Gasteiger partial charge in [-0.3, -0.25) is 4.79 Å². The van der Waals surface area contributed by atoms with Gasteiger partial charge in [-0.05, 0) is 36.7 Å². The smallest absolute Gasteiger partial charge is 0.229 e. The van der Waals surface area contributed by atoms with Crippen molar-refractivity contribution in [3.63, 3.8) is 0 Å². The molecule has 0 bridgehead atoms. The Labute approximate surface area is 177 Å². The van der Waals surface area contributed by atoms with Crippen molar-refractivity contribution in [1.82, 2.24) is 9.97 Å². The molecule has 0 amide bonds. The summed E-state index contributed by atoms with van der Waals surface area (Å²) in [5.74, 6) is 1.87. The quantitative estimate of drug-likeness (QED) is 0.780. The van der Waals surface area contributed by atoms with Gasteiger partial charge in [-0.25, -0.2) is 0 Å². The summed E-state index contributed by atoms with van der Waals surface area (Å²) in [6, 6.07) is 10.1. The lowest BCUT2D eigenvalue weighted by Crippen LogP contribution is -2.36. The Balaban J connectivity index is 1.67. The molecule has 1 aliphatic carbocycles. The molecule has 156 valence electrons. The molecule has 2 aromatic rings. The van der Waals surface area contributed by atoms with Crippen molar-refractivity contribution in [2.24, 2.45) is 5.41 Å². The number of nitrogens with one attached hydrogen (secondary N) is 1. The van der Waals surface area contributed by atoms with Gasteiger partial charge in [-0.2, -0.15) is 9.97 Å². The average molecular weight is 404 g/mol. The second-order valence-corrected chi connectivity index (χ2v) is 9.52. The van der Waals surface area contributed by atoms with E-state index in [2.05, 4.69) is 36.2 Å². The van der Waals surface area contributed by atoms with Crippen LogP contribution in [0.5, 0.6) is 0 Å². The number of nitrogens with zero attached hydrogens (tertiary/aromatic N) is 3. The topological polar surface area (TPSA) is 84.1 Å². The number of piperidine rings is 1. The zero-order chi connectivity index (χ0) is 20.9. The van der Waals surface area contributed by atoms with E-state index in [-0.39, 0.29) is 17.1 Å². The fourth-order valence-electron chi connectivity index (χ4n) is 5.14. The van der Waals surface area contributed by atoms with E-state index < -0.39 is 0 Å². The molecule has 6 heteroatoms. The highest BCUT2D eigenvalue weighted by Crippen LogP contribution is 2.50. The van der Waals surface area contributed by atoms with E-state index >= 15 is 0 Å². The average Bonchev–Trinajstić information content (AvgIpc) is 2.72. The summed E-state index contributed by atoms with van der Waals surface area (Å²) in [7, 11) is 0. The van der Waals surface area contributed by atoms with E-state index in [1.807, 2.05) is 18.2 Å². The van der Waals surface area contributed by atoms with Gasteiger partial charge in [0.1, 0.15) is 11.6 Å². The molecular weight excluding hydrogens is 374 g/mol. The minimum atomic E-state index is -0.226. The van der Waals surface area contributed by atoms with Crippen molar-refractivity contribution in [3.8, 4) is 0 Å². The number of carbonyl (C=O) groups excluding carboxylic acids is 1. The van der Waals surface area contributed by atoms with Gasteiger partial charge in [-0.15, -0.1) is 0 Å². The van der Waals surface area contributed by atoms with Gasteiger partial charge in [0.15, 0.2) is 5.78 Å². The van der Waals surface area contributed by atoms with Gasteiger partial charge in [0.2, 0.25) is 5.95 Å². The van der Waals surface area contributed by atoms with Crippen molar-refractivity contribution in [3.05, 3.63) is 52.7 Å². The molecule has 0 spiro atoms. The van der Waals surface area contributed by atoms with Crippen LogP contribution in [0.25, 0.3) is 0 Å². The molecule has 30 heavy (non-hydrogen) atoms. The standard InChI is InChI=1S/C24H29N5O/c1-24(2)13-16-19(17(30)14-24)18(15-9-5-3-6-10-15)20-21(25)27-23(28-22(20)26-16)29-11-7-4-8-12-29/h3,5-6,9-10,18H,4,7-8,11-14H2,1-2H3,(H3,25,26,27,28)/t18-/m1/s1. The summed E-state index contributed by atoms with van der Waals surface area (Å²) in [4.78, 5) is 25.1. The molecule has 1 saturated heterocycles. The second-order valence-electron chi connectivity index (χ2n) is 9.52. The zero-order valence-electron chi connectivity index (χ0n) is 17.7. The molecule has 1 fully saturated rings. The Kier molecular flexibility index (Phi) is 4.53. The van der Waals surface area contributed by atoms with Crippen LogP contribution in [-0.4, -0.2) is 28.8 Å². The number of aromatic nitrogens is 2. The van der Waals surface area contributed by atoms with Crippen LogP contribution < -0.4 is 16.0 Å². The molecule has 0 unspecified atom stereocenters. The van der Waals surface area contributed by atoms with Crippen LogP contribution in [0, 0.1) is 5.41 Å². The highest BCUT2D eigenvalue weighted by atomic mass is 16.1. The number of rotatable bonds is 2. The summed E-state index contributed by atoms with van der Waals surface area (Å²) in [6.07, 6.45) is 4.91. The largest absolute Gasteiger partial charge is 0.383 e. The van der Waals surface area contributed by atoms with Gasteiger partial charge in [0, 0.05) is 42.3 Å². The molecule has 3 aliphatic rings. The lowest BCUT2D eigenvalue weighted by atomic mass is 9.69. The maximum Gasteiger partial charge on any atom is 0.229 e. The van der Waals surface area contributed by atoms with E-state index in [0.29, 0.717) is 18.2 Å². The van der Waals surface area contributed by atoms with Gasteiger partial charge in [-0.1, -0.05) is 44.2 Å². The fourth-order valence-corrected chi connectivity index (χ4v) is 5.14. The van der Waals surface area contributed by atoms with Crippen LogP contribution in [0.15, 0.2) is 41.6 Å². The zero-order valence-corrected chi connectivity index (χ0v) is 17.7. The molecule has 1 aromatic carbocycles. The van der Waals surface area contributed by atoms with Gasteiger partial charge in [0.05, 0.1) is 0 Å². The van der Waals surface area contributed by atoms with Gasteiger partial charge < -0.3 is 16.0 Å². The number of Topliss-reactive ketones (excluding diaryl/α,β-unsaturated/α-hetero) is 1. The first-order valence-electron chi connectivity index (χ1n) is 10.9. The first kappa shape index (κ1) is 19.1. The normalized spacial score (nSPS) is 22.9. The Morgan fingerprint density at radius 1 is 1.07 bits per heavy atom. The van der Waals surface area contributed by atoms with Gasteiger partial charge >= 0.3 is 0 Å². The van der Waals surface area contributed by atoms with Crippen LogP contribution in [0.2, 0.25) is 0 Å². The SMILES string of the molecule is CC1(C)CC(=O)C2=C(C1)Nc1nc(N3CCCCC3)nc(N)c1[C@@H]2c1ccccc1. The van der Waals surface area contributed by atoms with E-state index in [9.17, 15) is 4.79 Å². The number of nitrogens with two attached hydrogens (primary N) is 1. The van der Waals surface area contributed by atoms with Crippen molar-refractivity contribution < 1.29 is 4.79 Å². The number of benzene rings is 1. The van der Waals surface area contributed by atoms with Crippen LogP contribution in [-0.2, 0) is 4.79 Å². The molecule has 1 atom stereocenters. The van der Waals surface area contributed by atoms with Crippen LogP contribution >= 0.6 is 0 Å². The van der Waals surface area contributed by atoms with Gasteiger partial charge in [0.25, 0.3) is 0 Å². The molecule has 0 saturated carbocycles. The monoisotopic (exact) mass is 403 g/mol. The molecule has 0 radical (unpaired) electrons. The lowest BCUT2D eigenvalue weighted by molar-refractivity contribution is -0.118. The number of hydrogen-bond acceptors (Lipinski definition) is 6. The molecule has 1 aromatic heterocycles. The predicted octanol–water partition coefficient (Wildman–Crippen LogP) is 4.25. The number of nitrogen functional groups attached to an aromatic ring is 1. The summed E-state index contributed by atoms with van der Waals surface area (Å²) in [6.45, 7) is 6.22. The molecule has 2 aliphatic heterocycles.